The van der Waals surface area contributed by atoms with E-state index in [-0.39, 0.29) is 7.43 Å². The van der Waals surface area contributed by atoms with E-state index < -0.39 is 0 Å². The van der Waals surface area contributed by atoms with Gasteiger partial charge in [-0.1, -0.05) is 51.2 Å². The average Bonchev–Trinajstić information content (AvgIpc) is 1.96. The van der Waals surface area contributed by atoms with Crippen molar-refractivity contribution in [1.29, 1.82) is 0 Å². The Kier molecular flexibility index (Phi) is 5.61. The minimum absolute atomic E-state index is 0. The van der Waals surface area contributed by atoms with Crippen molar-refractivity contribution in [1.82, 2.24) is 0 Å². The van der Waals surface area contributed by atoms with Crippen molar-refractivity contribution in [3.05, 3.63) is 36.4 Å². The molecule has 0 N–H and O–H groups in total. The lowest BCUT2D eigenvalue weighted by Crippen LogP contribution is -1.47. The smallest absolute Gasteiger partial charge is 0.0194 e. The second-order valence-electron chi connectivity index (χ2n) is 1.15. The van der Waals surface area contributed by atoms with Gasteiger partial charge >= 0.3 is 0 Å². The maximum absolute atomic E-state index is 5.75. The van der Waals surface area contributed by atoms with E-state index in [9.17, 15) is 0 Å². The molecule has 0 amide bonds. The first-order valence-electron chi connectivity index (χ1n) is 3.00. The van der Waals surface area contributed by atoms with Crippen LogP contribution >= 0.6 is 0 Å². The molecule has 0 aliphatic heterocycles. The molecular formula is C8H14. The number of benzene rings is 1. The fourth-order valence-corrected chi connectivity index (χ4v) is 0.385. The standard InChI is InChI=1S/C6H6.2CH4/c1-2-4-6-5-3-1;;/h1-6H;2*1H4/i;1D;. The molecule has 0 radical (unpaired) electrons. The van der Waals surface area contributed by atoms with Crippen molar-refractivity contribution in [2.45, 2.75) is 14.8 Å². The van der Waals surface area contributed by atoms with E-state index in [4.69, 9.17) is 1.37 Å². The van der Waals surface area contributed by atoms with Crippen LogP contribution in [0.4, 0.5) is 0 Å². The highest BCUT2D eigenvalue weighted by atomic mass is 13.6. The van der Waals surface area contributed by atoms with E-state index in [0.29, 0.717) is 0 Å². The molecule has 0 heterocycles. The van der Waals surface area contributed by atoms with E-state index in [2.05, 4.69) is 0 Å². The van der Waals surface area contributed by atoms with Crippen LogP contribution in [0, 0.1) is 0 Å². The van der Waals surface area contributed by atoms with Crippen LogP contribution in [0.25, 0.3) is 0 Å². The maximum atomic E-state index is 5.75. The van der Waals surface area contributed by atoms with Gasteiger partial charge in [0.15, 0.2) is 0 Å². The van der Waals surface area contributed by atoms with Crippen LogP contribution in [0.2, 0.25) is 0 Å². The van der Waals surface area contributed by atoms with Crippen LogP contribution in [0.1, 0.15) is 16.2 Å². The van der Waals surface area contributed by atoms with Gasteiger partial charge in [-0.25, -0.2) is 0 Å². The predicted molar refractivity (Wildman–Crippen MR) is 39.9 cm³/mol. The minimum Gasteiger partial charge on any atom is -0.0776 e. The van der Waals surface area contributed by atoms with E-state index in [1.165, 1.54) is 7.40 Å². The van der Waals surface area contributed by atoms with Crippen LogP contribution < -0.4 is 0 Å². The summed E-state index contributed by atoms with van der Waals surface area (Å²) in [6.45, 7) is 0. The number of rotatable bonds is 0. The molecule has 1 aromatic carbocycles. The van der Waals surface area contributed by atoms with Gasteiger partial charge in [-0.2, -0.15) is 0 Å². The minimum atomic E-state index is 0. The summed E-state index contributed by atoms with van der Waals surface area (Å²) < 4.78 is 5.75. The molecule has 0 bridgehead atoms. The molecule has 46 valence electrons. The van der Waals surface area contributed by atoms with Crippen LogP contribution in [-0.4, -0.2) is 0 Å². The lowest BCUT2D eigenvalue weighted by atomic mass is 10.4. The summed E-state index contributed by atoms with van der Waals surface area (Å²) in [6, 6.07) is 12.0. The van der Waals surface area contributed by atoms with Crippen LogP contribution in [0.5, 0.6) is 0 Å². The number of hydrogen-bond donors (Lipinski definition) is 0. The van der Waals surface area contributed by atoms with Crippen molar-refractivity contribution >= 4 is 0 Å². The van der Waals surface area contributed by atoms with Gasteiger partial charge in [-0.05, 0) is 0 Å². The quantitative estimate of drug-likeness (QED) is 0.483. The van der Waals surface area contributed by atoms with Crippen LogP contribution in [0.3, 0.4) is 0 Å². The lowest BCUT2D eigenvalue weighted by Gasteiger charge is -1.69. The highest BCUT2D eigenvalue weighted by Crippen LogP contribution is 1.79. The molecule has 0 atom stereocenters. The Hall–Kier alpha value is -0.780. The van der Waals surface area contributed by atoms with Crippen molar-refractivity contribution in [3.63, 3.8) is 0 Å². The first kappa shape index (κ1) is 7.22. The fourth-order valence-electron chi connectivity index (χ4n) is 0.385. The Morgan fingerprint density at radius 1 is 0.625 bits per heavy atom. The molecule has 0 saturated heterocycles. The summed E-state index contributed by atoms with van der Waals surface area (Å²) in [4.78, 5) is 0. The molecule has 1 rings (SSSR count). The molecule has 0 heteroatoms. The monoisotopic (exact) mass is 111 g/mol. The molecule has 0 saturated carbocycles. The fraction of sp³-hybridized carbons (Fsp3) is 0.250. The Labute approximate surface area is 53.6 Å². The van der Waals surface area contributed by atoms with Crippen molar-refractivity contribution < 1.29 is 1.37 Å². The number of hydrogen-bond acceptors (Lipinski definition) is 0. The molecule has 8 heavy (non-hydrogen) atoms. The highest BCUT2D eigenvalue weighted by molar-refractivity contribution is 4.99. The third-order valence-electron chi connectivity index (χ3n) is 0.667. The zero-order valence-corrected chi connectivity index (χ0v) is 4.46. The Balaban J connectivity index is 0. The topological polar surface area (TPSA) is 0 Å². The Bertz CT molecular complexity index is 76.5. The SMILES string of the molecule is C.[2H]C.c1ccccc1. The van der Waals surface area contributed by atoms with Gasteiger partial charge in [0.1, 0.15) is 0 Å². The first-order chi connectivity index (χ1) is 4.00. The van der Waals surface area contributed by atoms with Crippen LogP contribution in [0.15, 0.2) is 36.4 Å². The van der Waals surface area contributed by atoms with E-state index in [1.54, 1.807) is 0 Å². The second-order valence-corrected chi connectivity index (χ2v) is 1.15. The molecule has 0 unspecified atom stereocenters. The lowest BCUT2D eigenvalue weighted by molar-refractivity contribution is 1.72. The third-order valence-corrected chi connectivity index (χ3v) is 0.667. The molecule has 0 aromatic heterocycles. The van der Waals surface area contributed by atoms with Gasteiger partial charge in [0.25, 0.3) is 0 Å². The van der Waals surface area contributed by atoms with E-state index >= 15 is 0 Å². The molecule has 0 aliphatic rings. The highest BCUT2D eigenvalue weighted by Gasteiger charge is 1.57. The summed E-state index contributed by atoms with van der Waals surface area (Å²) in [7, 11) is 1.25. The normalized spacial score (nSPS) is 6.88. The van der Waals surface area contributed by atoms with E-state index in [1.807, 2.05) is 36.4 Å². The molecule has 0 aliphatic carbocycles. The van der Waals surface area contributed by atoms with Crippen molar-refractivity contribution in [2.75, 3.05) is 0 Å². The molecule has 0 spiro atoms. The summed E-state index contributed by atoms with van der Waals surface area (Å²) in [5.41, 5.74) is 0. The van der Waals surface area contributed by atoms with Gasteiger partial charge in [0.05, 0.1) is 0 Å². The van der Waals surface area contributed by atoms with E-state index in [0.717, 1.165) is 0 Å². The maximum Gasteiger partial charge on any atom is 0.0194 e. The first-order valence-corrected chi connectivity index (χ1v) is 2.00. The second kappa shape index (κ2) is 6.22. The van der Waals surface area contributed by atoms with Crippen molar-refractivity contribution in [2.24, 2.45) is 0 Å². The summed E-state index contributed by atoms with van der Waals surface area (Å²) in [6.07, 6.45) is 0. The third kappa shape index (κ3) is 3.41. The summed E-state index contributed by atoms with van der Waals surface area (Å²) in [5, 5.41) is 0. The zero-order chi connectivity index (χ0) is 6.24. The van der Waals surface area contributed by atoms with Gasteiger partial charge in [0, 0.05) is 1.37 Å². The Morgan fingerprint density at radius 2 is 0.750 bits per heavy atom. The molecule has 0 nitrogen and oxygen atoms in total. The predicted octanol–water partition coefficient (Wildman–Crippen LogP) is 2.96. The summed E-state index contributed by atoms with van der Waals surface area (Å²) >= 11 is 0. The zero-order valence-electron chi connectivity index (χ0n) is 5.46. The van der Waals surface area contributed by atoms with Gasteiger partial charge in [-0.15, -0.1) is 0 Å². The molecule has 1 aromatic rings. The largest absolute Gasteiger partial charge is 0.0776 e. The molecular weight excluding hydrogens is 96.1 g/mol. The van der Waals surface area contributed by atoms with Gasteiger partial charge in [-0.3, -0.25) is 0 Å². The summed E-state index contributed by atoms with van der Waals surface area (Å²) in [5.74, 6) is 0. The molecule has 0 fully saturated rings. The Morgan fingerprint density at radius 3 is 0.875 bits per heavy atom. The van der Waals surface area contributed by atoms with Gasteiger partial charge in [0.2, 0.25) is 0 Å². The average molecular weight is 111 g/mol. The van der Waals surface area contributed by atoms with Gasteiger partial charge < -0.3 is 0 Å². The van der Waals surface area contributed by atoms with Crippen LogP contribution in [-0.2, 0) is 0 Å². The van der Waals surface area contributed by atoms with Crippen molar-refractivity contribution in [3.8, 4) is 0 Å².